The zero-order valence-electron chi connectivity index (χ0n) is 8.62. The van der Waals surface area contributed by atoms with Gasteiger partial charge >= 0.3 is 5.97 Å². The van der Waals surface area contributed by atoms with E-state index in [1.54, 1.807) is 6.92 Å². The number of carbonyl (C=O) groups is 1. The first-order valence-corrected chi connectivity index (χ1v) is 4.77. The summed E-state index contributed by atoms with van der Waals surface area (Å²) in [7, 11) is 0. The SMILES string of the molecule is C=C1CC(C(=O)OCC)CC1(C#N)C#N. The molecule has 0 radical (unpaired) electrons. The minimum Gasteiger partial charge on any atom is -0.466 e. The van der Waals surface area contributed by atoms with Crippen molar-refractivity contribution >= 4 is 5.97 Å². The average molecular weight is 204 g/mol. The smallest absolute Gasteiger partial charge is 0.309 e. The van der Waals surface area contributed by atoms with E-state index < -0.39 is 11.3 Å². The summed E-state index contributed by atoms with van der Waals surface area (Å²) in [6, 6.07) is 3.87. The second-order valence-corrected chi connectivity index (χ2v) is 3.59. The molecule has 1 atom stereocenters. The van der Waals surface area contributed by atoms with Gasteiger partial charge in [-0.3, -0.25) is 4.79 Å². The van der Waals surface area contributed by atoms with Gasteiger partial charge in [-0.2, -0.15) is 10.5 Å². The fourth-order valence-corrected chi connectivity index (χ4v) is 1.76. The third kappa shape index (κ3) is 1.85. The molecule has 4 heteroatoms. The largest absolute Gasteiger partial charge is 0.466 e. The van der Waals surface area contributed by atoms with Gasteiger partial charge in [0.25, 0.3) is 0 Å². The molecular formula is C11H12N2O2. The second-order valence-electron chi connectivity index (χ2n) is 3.59. The quantitative estimate of drug-likeness (QED) is 0.505. The molecule has 0 saturated heterocycles. The third-order valence-corrected chi connectivity index (χ3v) is 2.65. The van der Waals surface area contributed by atoms with Crippen LogP contribution in [0.2, 0.25) is 0 Å². The van der Waals surface area contributed by atoms with Gasteiger partial charge in [-0.05, 0) is 25.3 Å². The van der Waals surface area contributed by atoms with Crippen molar-refractivity contribution in [2.24, 2.45) is 11.3 Å². The molecule has 1 fully saturated rings. The summed E-state index contributed by atoms with van der Waals surface area (Å²) in [4.78, 5) is 11.4. The molecule has 1 saturated carbocycles. The van der Waals surface area contributed by atoms with Crippen LogP contribution in [0.15, 0.2) is 12.2 Å². The maximum Gasteiger partial charge on any atom is 0.309 e. The Morgan fingerprint density at radius 1 is 1.67 bits per heavy atom. The predicted molar refractivity (Wildman–Crippen MR) is 52.2 cm³/mol. The highest BCUT2D eigenvalue weighted by atomic mass is 16.5. The van der Waals surface area contributed by atoms with Crippen molar-refractivity contribution in [2.75, 3.05) is 6.61 Å². The zero-order valence-corrected chi connectivity index (χ0v) is 8.62. The summed E-state index contributed by atoms with van der Waals surface area (Å²) in [5.41, 5.74) is -0.678. The Labute approximate surface area is 88.8 Å². The van der Waals surface area contributed by atoms with Crippen LogP contribution in [0.3, 0.4) is 0 Å². The van der Waals surface area contributed by atoms with Crippen molar-refractivity contribution in [3.63, 3.8) is 0 Å². The van der Waals surface area contributed by atoms with Gasteiger partial charge in [0.15, 0.2) is 5.41 Å². The lowest BCUT2D eigenvalue weighted by Gasteiger charge is -2.11. The first-order chi connectivity index (χ1) is 7.09. The molecule has 0 aliphatic heterocycles. The van der Waals surface area contributed by atoms with Crippen LogP contribution in [-0.4, -0.2) is 12.6 Å². The lowest BCUT2D eigenvalue weighted by Crippen LogP contribution is -2.18. The highest BCUT2D eigenvalue weighted by molar-refractivity contribution is 5.74. The molecule has 1 unspecified atom stereocenters. The molecule has 4 nitrogen and oxygen atoms in total. The Bertz CT molecular complexity index is 359. The van der Waals surface area contributed by atoms with Gasteiger partial charge < -0.3 is 4.74 Å². The van der Waals surface area contributed by atoms with Crippen molar-refractivity contribution in [1.82, 2.24) is 0 Å². The second kappa shape index (κ2) is 4.14. The van der Waals surface area contributed by atoms with Crippen LogP contribution in [0.5, 0.6) is 0 Å². The highest BCUT2D eigenvalue weighted by Crippen LogP contribution is 2.44. The first kappa shape index (κ1) is 11.3. The Morgan fingerprint density at radius 3 is 2.67 bits per heavy atom. The molecule has 0 heterocycles. The summed E-state index contributed by atoms with van der Waals surface area (Å²) in [5, 5.41) is 17.9. The fraction of sp³-hybridized carbons (Fsp3) is 0.545. The van der Waals surface area contributed by atoms with Gasteiger partial charge in [-0.1, -0.05) is 6.58 Å². The predicted octanol–water partition coefficient (Wildman–Crippen LogP) is 1.55. The van der Waals surface area contributed by atoms with Gasteiger partial charge in [-0.15, -0.1) is 0 Å². The van der Waals surface area contributed by atoms with Gasteiger partial charge in [0.2, 0.25) is 0 Å². The van der Waals surface area contributed by atoms with Gasteiger partial charge in [0.05, 0.1) is 24.7 Å². The first-order valence-electron chi connectivity index (χ1n) is 4.77. The Hall–Kier alpha value is -1.81. The molecule has 1 rings (SSSR count). The number of nitriles is 2. The normalized spacial score (nSPS) is 22.9. The fourth-order valence-electron chi connectivity index (χ4n) is 1.76. The molecule has 1 aliphatic carbocycles. The van der Waals surface area contributed by atoms with E-state index >= 15 is 0 Å². The number of esters is 1. The topological polar surface area (TPSA) is 73.9 Å². The summed E-state index contributed by atoms with van der Waals surface area (Å²) >= 11 is 0. The van der Waals surface area contributed by atoms with E-state index in [1.165, 1.54) is 0 Å². The molecular weight excluding hydrogens is 192 g/mol. The molecule has 0 N–H and O–H groups in total. The molecule has 0 bridgehead atoms. The summed E-state index contributed by atoms with van der Waals surface area (Å²) in [5.74, 6) is -0.734. The third-order valence-electron chi connectivity index (χ3n) is 2.65. The van der Waals surface area contributed by atoms with Crippen molar-refractivity contribution in [3.05, 3.63) is 12.2 Å². The summed E-state index contributed by atoms with van der Waals surface area (Å²) in [6.07, 6.45) is 0.581. The van der Waals surface area contributed by atoms with E-state index in [0.29, 0.717) is 18.6 Å². The van der Waals surface area contributed by atoms with Gasteiger partial charge in [0.1, 0.15) is 0 Å². The highest BCUT2D eigenvalue weighted by Gasteiger charge is 2.46. The van der Waals surface area contributed by atoms with E-state index in [-0.39, 0.29) is 12.4 Å². The number of ether oxygens (including phenoxy) is 1. The monoisotopic (exact) mass is 204 g/mol. The lowest BCUT2D eigenvalue weighted by atomic mass is 9.86. The number of hydrogen-bond acceptors (Lipinski definition) is 4. The molecule has 1 aliphatic rings. The molecule has 78 valence electrons. The van der Waals surface area contributed by atoms with Crippen molar-refractivity contribution in [2.45, 2.75) is 19.8 Å². The van der Waals surface area contributed by atoms with E-state index in [2.05, 4.69) is 6.58 Å². The van der Waals surface area contributed by atoms with Crippen molar-refractivity contribution < 1.29 is 9.53 Å². The Morgan fingerprint density at radius 2 is 2.27 bits per heavy atom. The van der Waals surface area contributed by atoms with Gasteiger partial charge in [0, 0.05) is 0 Å². The Balaban J connectivity index is 2.82. The average Bonchev–Trinajstić information content (AvgIpc) is 2.57. The number of hydrogen-bond donors (Lipinski definition) is 0. The van der Waals surface area contributed by atoms with Crippen LogP contribution in [0.4, 0.5) is 0 Å². The van der Waals surface area contributed by atoms with Crippen LogP contribution >= 0.6 is 0 Å². The number of allylic oxidation sites excluding steroid dienone is 1. The summed E-state index contributed by atoms with van der Waals surface area (Å²) in [6.45, 7) is 5.73. The minimum atomic E-state index is -1.20. The lowest BCUT2D eigenvalue weighted by molar-refractivity contribution is -0.147. The van der Waals surface area contributed by atoms with E-state index in [9.17, 15) is 4.79 Å². The Kier molecular flexibility index (Phi) is 3.11. The van der Waals surface area contributed by atoms with Crippen molar-refractivity contribution in [1.29, 1.82) is 10.5 Å². The van der Waals surface area contributed by atoms with E-state index in [4.69, 9.17) is 15.3 Å². The molecule has 0 amide bonds. The standard InChI is InChI=1S/C11H12N2O2/c1-3-15-10(14)9-4-8(2)11(5-9,6-12)7-13/h9H,2-5H2,1H3. The zero-order chi connectivity index (χ0) is 11.5. The van der Waals surface area contributed by atoms with Crippen LogP contribution in [-0.2, 0) is 9.53 Å². The molecule has 0 spiro atoms. The molecule has 0 aromatic heterocycles. The van der Waals surface area contributed by atoms with Crippen LogP contribution < -0.4 is 0 Å². The molecule has 0 aromatic carbocycles. The number of rotatable bonds is 2. The van der Waals surface area contributed by atoms with E-state index in [0.717, 1.165) is 0 Å². The summed E-state index contributed by atoms with van der Waals surface area (Å²) < 4.78 is 4.86. The van der Waals surface area contributed by atoms with Crippen LogP contribution in [0.25, 0.3) is 0 Å². The number of nitrogens with zero attached hydrogens (tertiary/aromatic N) is 2. The van der Waals surface area contributed by atoms with E-state index in [1.807, 2.05) is 12.1 Å². The maximum atomic E-state index is 11.4. The number of carbonyl (C=O) groups excluding carboxylic acids is 1. The molecule has 0 aromatic rings. The van der Waals surface area contributed by atoms with Crippen molar-refractivity contribution in [3.8, 4) is 12.1 Å². The minimum absolute atomic E-state index is 0.206. The van der Waals surface area contributed by atoms with Crippen LogP contribution in [0, 0.1) is 34.0 Å². The molecule has 15 heavy (non-hydrogen) atoms. The van der Waals surface area contributed by atoms with Gasteiger partial charge in [-0.25, -0.2) is 0 Å². The van der Waals surface area contributed by atoms with Crippen LogP contribution in [0.1, 0.15) is 19.8 Å². The maximum absolute atomic E-state index is 11.4.